The molecule has 0 aromatic carbocycles. The molecule has 1 aromatic heterocycles. The highest BCUT2D eigenvalue weighted by molar-refractivity contribution is 5.92. The van der Waals surface area contributed by atoms with Crippen molar-refractivity contribution in [3.63, 3.8) is 0 Å². The summed E-state index contributed by atoms with van der Waals surface area (Å²) in [4.78, 5) is 34.2. The van der Waals surface area contributed by atoms with Gasteiger partial charge >= 0.3 is 0 Å². The van der Waals surface area contributed by atoms with Gasteiger partial charge in [0.05, 0.1) is 31.0 Å². The Labute approximate surface area is 160 Å². The van der Waals surface area contributed by atoms with Crippen molar-refractivity contribution in [2.45, 2.75) is 38.5 Å². The largest absolute Gasteiger partial charge is 0.360 e. The van der Waals surface area contributed by atoms with Gasteiger partial charge < -0.3 is 19.1 Å². The van der Waals surface area contributed by atoms with Crippen LogP contribution in [0.2, 0.25) is 0 Å². The summed E-state index contributed by atoms with van der Waals surface area (Å²) in [7, 11) is 3.68. The zero-order chi connectivity index (χ0) is 19.3. The van der Waals surface area contributed by atoms with E-state index in [0.29, 0.717) is 19.0 Å². The van der Waals surface area contributed by atoms with Gasteiger partial charge in [-0.2, -0.15) is 0 Å². The molecule has 3 aliphatic heterocycles. The number of fused-ring (bicyclic) bond motifs is 1. The van der Waals surface area contributed by atoms with Crippen molar-refractivity contribution < 1.29 is 14.3 Å². The first kappa shape index (κ1) is 18.2. The number of ether oxygens (including phenoxy) is 1. The van der Waals surface area contributed by atoms with Crippen molar-refractivity contribution >= 4 is 11.8 Å². The molecule has 4 atom stereocenters. The molecule has 1 aromatic rings. The van der Waals surface area contributed by atoms with E-state index in [0.717, 1.165) is 18.8 Å². The number of hydrogen-bond acceptors (Lipinski definition) is 4. The van der Waals surface area contributed by atoms with Crippen molar-refractivity contribution in [1.29, 1.82) is 0 Å². The van der Waals surface area contributed by atoms with Gasteiger partial charge in [-0.3, -0.25) is 9.59 Å². The molecule has 2 saturated heterocycles. The maximum atomic E-state index is 13.2. The average molecular weight is 372 g/mol. The molecule has 146 valence electrons. The van der Waals surface area contributed by atoms with Crippen LogP contribution in [0, 0.1) is 17.8 Å². The highest BCUT2D eigenvalue weighted by atomic mass is 16.5. The molecule has 3 aliphatic rings. The van der Waals surface area contributed by atoms with Gasteiger partial charge in [-0.05, 0) is 12.3 Å². The van der Waals surface area contributed by atoms with E-state index >= 15 is 0 Å². The molecular weight excluding hydrogens is 344 g/mol. The van der Waals surface area contributed by atoms with Crippen LogP contribution in [-0.4, -0.2) is 63.0 Å². The molecule has 2 fully saturated rings. The van der Waals surface area contributed by atoms with Crippen molar-refractivity contribution in [2.75, 3.05) is 20.1 Å². The zero-order valence-corrected chi connectivity index (χ0v) is 16.5. The molecule has 2 bridgehead atoms. The summed E-state index contributed by atoms with van der Waals surface area (Å²) in [5.74, 6) is 0.513. The van der Waals surface area contributed by atoms with Gasteiger partial charge in [0.2, 0.25) is 11.8 Å². The molecule has 0 radical (unpaired) electrons. The van der Waals surface area contributed by atoms with Crippen LogP contribution in [0.25, 0.3) is 0 Å². The Hall–Kier alpha value is -2.15. The summed E-state index contributed by atoms with van der Waals surface area (Å²) >= 11 is 0. The van der Waals surface area contributed by atoms with E-state index in [9.17, 15) is 9.59 Å². The fourth-order valence-electron chi connectivity index (χ4n) is 4.56. The summed E-state index contributed by atoms with van der Waals surface area (Å²) < 4.78 is 8.09. The van der Waals surface area contributed by atoms with E-state index in [2.05, 4.69) is 18.8 Å². The molecule has 4 heterocycles. The summed E-state index contributed by atoms with van der Waals surface area (Å²) in [6.07, 6.45) is 8.21. The third-order valence-corrected chi connectivity index (χ3v) is 6.12. The first-order valence-electron chi connectivity index (χ1n) is 9.69. The molecule has 7 heteroatoms. The van der Waals surface area contributed by atoms with Crippen LogP contribution in [0.3, 0.4) is 0 Å². The molecule has 0 unspecified atom stereocenters. The van der Waals surface area contributed by atoms with Gasteiger partial charge in [-0.1, -0.05) is 26.0 Å². The van der Waals surface area contributed by atoms with E-state index in [1.807, 2.05) is 34.9 Å². The Balaban J connectivity index is 1.52. The topological polar surface area (TPSA) is 67.7 Å². The quantitative estimate of drug-likeness (QED) is 0.704. The minimum Gasteiger partial charge on any atom is -0.360 e. The van der Waals surface area contributed by atoms with E-state index in [-0.39, 0.29) is 17.9 Å². The smallest absolute Gasteiger partial charge is 0.230 e. The van der Waals surface area contributed by atoms with E-state index < -0.39 is 17.4 Å². The van der Waals surface area contributed by atoms with Crippen molar-refractivity contribution in [2.24, 2.45) is 24.8 Å². The van der Waals surface area contributed by atoms with E-state index in [4.69, 9.17) is 4.74 Å². The minimum atomic E-state index is -0.622. The third-order valence-electron chi connectivity index (χ3n) is 6.12. The number of hydrogen-bond donors (Lipinski definition) is 0. The lowest BCUT2D eigenvalue weighted by Crippen LogP contribution is -2.44. The Morgan fingerprint density at radius 1 is 1.48 bits per heavy atom. The van der Waals surface area contributed by atoms with Gasteiger partial charge in [-0.15, -0.1) is 0 Å². The lowest BCUT2D eigenvalue weighted by molar-refractivity contribution is -0.142. The second-order valence-corrected chi connectivity index (χ2v) is 8.49. The van der Waals surface area contributed by atoms with Gasteiger partial charge in [0, 0.05) is 33.0 Å². The van der Waals surface area contributed by atoms with Crippen LogP contribution in [0.15, 0.2) is 24.5 Å². The standard InChI is InChI=1S/C20H28N4O3/c1-13(2)6-9-24-12-20-7-5-14(27-20)16(17(20)19(24)26)18(25)23(4)11-15-21-8-10-22(15)3/h5,7-8,10,13-14,16-17H,6,9,11-12H2,1-4H3/t14-,16-,17-,20-/m0/s1. The number of rotatable bonds is 6. The van der Waals surface area contributed by atoms with Crippen LogP contribution in [0.1, 0.15) is 26.1 Å². The van der Waals surface area contributed by atoms with Crippen LogP contribution in [0.5, 0.6) is 0 Å². The Morgan fingerprint density at radius 3 is 2.93 bits per heavy atom. The number of carbonyl (C=O) groups is 2. The summed E-state index contributed by atoms with van der Waals surface area (Å²) in [6, 6.07) is 0. The minimum absolute atomic E-state index is 0.0433. The number of carbonyl (C=O) groups excluding carboxylic acids is 2. The highest BCUT2D eigenvalue weighted by Crippen LogP contribution is 2.52. The second kappa shape index (κ2) is 6.48. The monoisotopic (exact) mass is 372 g/mol. The third kappa shape index (κ3) is 2.88. The first-order chi connectivity index (χ1) is 12.8. The van der Waals surface area contributed by atoms with Gasteiger partial charge in [0.1, 0.15) is 11.4 Å². The van der Waals surface area contributed by atoms with Crippen LogP contribution < -0.4 is 0 Å². The fourth-order valence-corrected chi connectivity index (χ4v) is 4.56. The SMILES string of the molecule is CC(C)CCN1C[C@]23C=C[C@H](O2)[C@H](C(=O)N(C)Cc2nccn2C)[C@H]3C1=O. The predicted octanol–water partition coefficient (Wildman–Crippen LogP) is 1.21. The number of nitrogens with zero attached hydrogens (tertiary/aromatic N) is 4. The van der Waals surface area contributed by atoms with Gasteiger partial charge in [0.25, 0.3) is 0 Å². The van der Waals surface area contributed by atoms with Gasteiger partial charge in [0.15, 0.2) is 0 Å². The Morgan fingerprint density at radius 2 is 2.26 bits per heavy atom. The molecule has 7 nitrogen and oxygen atoms in total. The molecule has 1 spiro atoms. The number of amides is 2. The van der Waals surface area contributed by atoms with Crippen molar-refractivity contribution in [3.05, 3.63) is 30.4 Å². The fraction of sp³-hybridized carbons (Fsp3) is 0.650. The molecule has 0 N–H and O–H groups in total. The Kier molecular flexibility index (Phi) is 4.37. The molecule has 27 heavy (non-hydrogen) atoms. The molecular formula is C20H28N4O3. The number of likely N-dealkylation sites (tertiary alicyclic amines) is 1. The molecule has 0 saturated carbocycles. The highest BCUT2D eigenvalue weighted by Gasteiger charge is 2.66. The lowest BCUT2D eigenvalue weighted by Gasteiger charge is -2.27. The second-order valence-electron chi connectivity index (χ2n) is 8.49. The molecule has 4 rings (SSSR count). The summed E-state index contributed by atoms with van der Waals surface area (Å²) in [5.41, 5.74) is -0.622. The van der Waals surface area contributed by atoms with Gasteiger partial charge in [-0.25, -0.2) is 4.98 Å². The number of aryl methyl sites for hydroxylation is 1. The summed E-state index contributed by atoms with van der Waals surface area (Å²) in [6.45, 7) is 6.01. The maximum absolute atomic E-state index is 13.2. The van der Waals surface area contributed by atoms with Crippen molar-refractivity contribution in [1.82, 2.24) is 19.4 Å². The number of aromatic nitrogens is 2. The van der Waals surface area contributed by atoms with E-state index in [1.165, 1.54) is 0 Å². The van der Waals surface area contributed by atoms with E-state index in [1.54, 1.807) is 18.1 Å². The average Bonchev–Trinajstić information content (AvgIpc) is 3.35. The Bertz CT molecular complexity index is 786. The van der Waals surface area contributed by atoms with Crippen molar-refractivity contribution in [3.8, 4) is 0 Å². The van der Waals surface area contributed by atoms with Crippen LogP contribution in [0.4, 0.5) is 0 Å². The first-order valence-corrected chi connectivity index (χ1v) is 9.69. The summed E-state index contributed by atoms with van der Waals surface area (Å²) in [5, 5.41) is 0. The number of imidazole rings is 1. The normalized spacial score (nSPS) is 31.2. The zero-order valence-electron chi connectivity index (χ0n) is 16.5. The lowest BCUT2D eigenvalue weighted by atomic mass is 9.76. The van der Waals surface area contributed by atoms with Crippen LogP contribution >= 0.6 is 0 Å². The molecule has 2 amide bonds. The van der Waals surface area contributed by atoms with Crippen LogP contribution in [-0.2, 0) is 27.9 Å². The predicted molar refractivity (Wildman–Crippen MR) is 99.4 cm³/mol. The maximum Gasteiger partial charge on any atom is 0.230 e. The molecule has 0 aliphatic carbocycles.